The molecule has 0 saturated carbocycles. The molecular weight excluding hydrogens is 284 g/mol. The summed E-state index contributed by atoms with van der Waals surface area (Å²) in [6.07, 6.45) is 4.04. The number of hydrogen-bond donors (Lipinski definition) is 3. The van der Waals surface area contributed by atoms with Gasteiger partial charge in [-0.3, -0.25) is 0 Å². The number of carbonyl (C=O) groups excluding carboxylic acids is 1. The van der Waals surface area contributed by atoms with Crippen molar-refractivity contribution in [2.24, 2.45) is 0 Å². The van der Waals surface area contributed by atoms with Gasteiger partial charge >= 0.3 is 23.9 Å². The van der Waals surface area contributed by atoms with Crippen LogP contribution in [0.3, 0.4) is 0 Å². The molecule has 0 bridgehead atoms. The van der Waals surface area contributed by atoms with Crippen LogP contribution in [0.25, 0.3) is 0 Å². The third kappa shape index (κ3) is 17.4. The van der Waals surface area contributed by atoms with Crippen molar-refractivity contribution in [2.45, 2.75) is 26.7 Å². The molecule has 0 fully saturated rings. The largest absolute Gasteiger partial charge is 0.478 e. The van der Waals surface area contributed by atoms with E-state index < -0.39 is 23.9 Å². The first-order valence-corrected chi connectivity index (χ1v) is 5.93. The molecule has 118 valence electrons. The summed E-state index contributed by atoms with van der Waals surface area (Å²) in [5.41, 5.74) is -0.178. The number of esters is 1. The number of carboxylic acid groups (broad SMARTS) is 3. The first kappa shape index (κ1) is 20.7. The fraction of sp³-hybridized carbons (Fsp3) is 0.385. The highest BCUT2D eigenvalue weighted by molar-refractivity contribution is 5.94. The lowest BCUT2D eigenvalue weighted by molar-refractivity contribution is -0.138. The van der Waals surface area contributed by atoms with Gasteiger partial charge in [-0.05, 0) is 13.3 Å². The van der Waals surface area contributed by atoms with E-state index in [4.69, 9.17) is 15.3 Å². The highest BCUT2D eigenvalue weighted by Crippen LogP contribution is 1.90. The van der Waals surface area contributed by atoms with Crippen molar-refractivity contribution in [1.29, 1.82) is 0 Å². The van der Waals surface area contributed by atoms with E-state index in [-0.39, 0.29) is 5.57 Å². The second-order valence-electron chi connectivity index (χ2n) is 3.66. The molecule has 0 aliphatic carbocycles. The molecule has 0 atom stereocenters. The molecule has 0 saturated heterocycles. The van der Waals surface area contributed by atoms with Gasteiger partial charge < -0.3 is 20.1 Å². The molecular formula is C13H18O8. The Morgan fingerprint density at radius 1 is 1.00 bits per heavy atom. The summed E-state index contributed by atoms with van der Waals surface area (Å²) in [5, 5.41) is 24.2. The predicted octanol–water partition coefficient (Wildman–Crippen LogP) is 1.07. The lowest BCUT2D eigenvalue weighted by Gasteiger charge is -1.97. The average Bonchev–Trinajstić information content (AvgIpc) is 2.36. The Hall–Kier alpha value is -2.64. The molecule has 0 aromatic rings. The van der Waals surface area contributed by atoms with Gasteiger partial charge in [-0.15, -0.1) is 0 Å². The molecule has 0 rings (SSSR count). The maximum atomic E-state index is 10.6. The van der Waals surface area contributed by atoms with Crippen LogP contribution < -0.4 is 0 Å². The Morgan fingerprint density at radius 2 is 1.57 bits per heavy atom. The summed E-state index contributed by atoms with van der Waals surface area (Å²) in [7, 11) is 0. The number of carbonyl (C=O) groups is 4. The molecule has 0 unspecified atom stereocenters. The minimum atomic E-state index is -1.24. The Morgan fingerprint density at radius 3 is 1.90 bits per heavy atom. The van der Waals surface area contributed by atoms with E-state index in [1.165, 1.54) is 6.92 Å². The first-order valence-electron chi connectivity index (χ1n) is 5.93. The molecule has 0 aromatic carbocycles. The van der Waals surface area contributed by atoms with Gasteiger partial charge in [0.05, 0.1) is 6.61 Å². The minimum absolute atomic E-state index is 0.178. The highest BCUT2D eigenvalue weighted by Gasteiger charge is 2.00. The second-order valence-corrected chi connectivity index (χ2v) is 3.66. The molecule has 0 aliphatic rings. The third-order valence-corrected chi connectivity index (χ3v) is 1.78. The molecule has 21 heavy (non-hydrogen) atoms. The molecule has 0 amide bonds. The lowest BCUT2D eigenvalue weighted by Crippen LogP contribution is -2.02. The molecule has 0 aromatic heterocycles. The summed E-state index contributed by atoms with van der Waals surface area (Å²) in [6, 6.07) is 0. The van der Waals surface area contributed by atoms with Crippen LogP contribution in [0, 0.1) is 0 Å². The van der Waals surface area contributed by atoms with Crippen LogP contribution in [-0.2, 0) is 23.9 Å². The fourth-order valence-corrected chi connectivity index (χ4v) is 0.751. The number of aliphatic carboxylic acids is 3. The zero-order valence-electron chi connectivity index (χ0n) is 11.7. The van der Waals surface area contributed by atoms with E-state index in [0.29, 0.717) is 12.7 Å². The Balaban J connectivity index is 0. The highest BCUT2D eigenvalue weighted by atomic mass is 16.5. The summed E-state index contributed by atoms with van der Waals surface area (Å²) in [6.45, 7) is 3.54. The standard InChI is InChI=1S/C8H12O4.C5H6O4/c1-2-3-6-12-8(11)5-4-7(9)10;1-3(5(8)9)2-4(6)7/h4-5H,2-3,6H2,1H3,(H,9,10);2H,1H3,(H,6,7)(H,8,9)/b5-4-;3-2-. The van der Waals surface area contributed by atoms with Crippen molar-refractivity contribution in [3.8, 4) is 0 Å². The zero-order chi connectivity index (χ0) is 16.8. The van der Waals surface area contributed by atoms with Gasteiger partial charge in [-0.25, -0.2) is 19.2 Å². The Bertz CT molecular complexity index is 433. The normalized spacial score (nSPS) is 10.5. The van der Waals surface area contributed by atoms with E-state index in [1.807, 2.05) is 6.92 Å². The quantitative estimate of drug-likeness (QED) is 0.360. The van der Waals surface area contributed by atoms with Crippen LogP contribution in [0.4, 0.5) is 0 Å². The molecule has 0 spiro atoms. The molecule has 3 N–H and O–H groups in total. The van der Waals surface area contributed by atoms with E-state index >= 15 is 0 Å². The monoisotopic (exact) mass is 302 g/mol. The van der Waals surface area contributed by atoms with E-state index in [2.05, 4.69) is 4.74 Å². The van der Waals surface area contributed by atoms with Crippen molar-refractivity contribution >= 4 is 23.9 Å². The Labute approximate surface area is 121 Å². The SMILES string of the molecule is C/C(=C/C(=O)O)C(=O)O.CCCCOC(=O)/C=C\C(=O)O. The number of rotatable bonds is 7. The van der Waals surface area contributed by atoms with Gasteiger partial charge in [0.2, 0.25) is 0 Å². The van der Waals surface area contributed by atoms with Gasteiger partial charge in [0, 0.05) is 23.8 Å². The van der Waals surface area contributed by atoms with Crippen LogP contribution in [0.15, 0.2) is 23.8 Å². The molecule has 8 heteroatoms. The third-order valence-electron chi connectivity index (χ3n) is 1.78. The van der Waals surface area contributed by atoms with Gasteiger partial charge in [0.15, 0.2) is 0 Å². The van der Waals surface area contributed by atoms with Crippen LogP contribution in [0.5, 0.6) is 0 Å². The molecule has 8 nitrogen and oxygen atoms in total. The number of unbranched alkanes of at least 4 members (excludes halogenated alkanes) is 1. The molecule has 0 heterocycles. The summed E-state index contributed by atoms with van der Waals surface area (Å²) >= 11 is 0. The number of ether oxygens (including phenoxy) is 1. The maximum absolute atomic E-state index is 10.6. The van der Waals surface area contributed by atoms with Gasteiger partial charge in [-0.2, -0.15) is 0 Å². The lowest BCUT2D eigenvalue weighted by atomic mass is 10.3. The van der Waals surface area contributed by atoms with Gasteiger partial charge in [0.25, 0.3) is 0 Å². The zero-order valence-corrected chi connectivity index (χ0v) is 11.7. The summed E-state index contributed by atoms with van der Waals surface area (Å²) in [5.74, 6) is -4.21. The van der Waals surface area contributed by atoms with Gasteiger partial charge in [-0.1, -0.05) is 13.3 Å². The average molecular weight is 302 g/mol. The van der Waals surface area contributed by atoms with Gasteiger partial charge in [0.1, 0.15) is 0 Å². The maximum Gasteiger partial charge on any atom is 0.331 e. The number of hydrogen-bond acceptors (Lipinski definition) is 5. The fourth-order valence-electron chi connectivity index (χ4n) is 0.751. The van der Waals surface area contributed by atoms with E-state index in [0.717, 1.165) is 25.0 Å². The second kappa shape index (κ2) is 12.4. The van der Waals surface area contributed by atoms with Crippen molar-refractivity contribution in [3.63, 3.8) is 0 Å². The van der Waals surface area contributed by atoms with Crippen LogP contribution in [0.1, 0.15) is 26.7 Å². The number of carboxylic acids is 3. The van der Waals surface area contributed by atoms with Crippen molar-refractivity contribution in [3.05, 3.63) is 23.8 Å². The molecule has 0 aliphatic heterocycles. The minimum Gasteiger partial charge on any atom is -0.478 e. The Kier molecular flexibility index (Phi) is 12.2. The molecule has 0 radical (unpaired) electrons. The predicted molar refractivity (Wildman–Crippen MR) is 71.7 cm³/mol. The topological polar surface area (TPSA) is 138 Å². The van der Waals surface area contributed by atoms with Crippen molar-refractivity contribution in [1.82, 2.24) is 0 Å². The van der Waals surface area contributed by atoms with Crippen molar-refractivity contribution in [2.75, 3.05) is 6.61 Å². The smallest absolute Gasteiger partial charge is 0.331 e. The van der Waals surface area contributed by atoms with Crippen molar-refractivity contribution < 1.29 is 39.2 Å². The summed E-state index contributed by atoms with van der Waals surface area (Å²) < 4.78 is 4.64. The van der Waals surface area contributed by atoms with Crippen LogP contribution >= 0.6 is 0 Å². The van der Waals surface area contributed by atoms with E-state index in [9.17, 15) is 19.2 Å². The van der Waals surface area contributed by atoms with E-state index in [1.54, 1.807) is 0 Å². The first-order chi connectivity index (χ1) is 9.70. The van der Waals surface area contributed by atoms with Crippen LogP contribution in [-0.4, -0.2) is 45.8 Å². The summed E-state index contributed by atoms with van der Waals surface area (Å²) in [4.78, 5) is 40.3. The van der Waals surface area contributed by atoms with Crippen LogP contribution in [0.2, 0.25) is 0 Å².